The summed E-state index contributed by atoms with van der Waals surface area (Å²) >= 11 is 3.17. The van der Waals surface area contributed by atoms with Crippen molar-refractivity contribution in [2.75, 3.05) is 26.2 Å². The van der Waals surface area contributed by atoms with Crippen LogP contribution in [-0.2, 0) is 21.2 Å². The largest absolute Gasteiger partial charge is 0.340 e. The molecule has 0 N–H and O–H groups in total. The molecule has 0 unspecified atom stereocenters. The molecule has 30 heavy (non-hydrogen) atoms. The van der Waals surface area contributed by atoms with Gasteiger partial charge in [-0.2, -0.15) is 4.31 Å². The minimum Gasteiger partial charge on any atom is -0.340 e. The van der Waals surface area contributed by atoms with Gasteiger partial charge in [-0.25, -0.2) is 13.4 Å². The lowest BCUT2D eigenvalue weighted by Gasteiger charge is -2.34. The second-order valence-corrected chi connectivity index (χ2v) is 11.1. The highest BCUT2D eigenvalue weighted by molar-refractivity contribution is 7.89. The van der Waals surface area contributed by atoms with Crippen LogP contribution in [0.5, 0.6) is 0 Å². The van der Waals surface area contributed by atoms with E-state index in [1.807, 2.05) is 42.8 Å². The van der Waals surface area contributed by atoms with Crippen LogP contribution in [0.15, 0.2) is 46.0 Å². The maximum absolute atomic E-state index is 12.9. The van der Waals surface area contributed by atoms with Crippen molar-refractivity contribution in [3.63, 3.8) is 0 Å². The van der Waals surface area contributed by atoms with Gasteiger partial charge in [0.25, 0.3) is 0 Å². The van der Waals surface area contributed by atoms with Crippen molar-refractivity contribution in [1.29, 1.82) is 0 Å². The van der Waals surface area contributed by atoms with E-state index in [2.05, 4.69) is 4.98 Å². The van der Waals surface area contributed by atoms with E-state index in [0.29, 0.717) is 31.1 Å². The molecule has 0 spiro atoms. The Morgan fingerprint density at radius 3 is 2.50 bits per heavy atom. The van der Waals surface area contributed by atoms with Gasteiger partial charge >= 0.3 is 0 Å². The third-order valence-electron chi connectivity index (χ3n) is 5.32. The first kappa shape index (κ1) is 21.2. The number of carbonyl (C=O) groups excluding carboxylic acids is 1. The Balaban J connectivity index is 1.37. The summed E-state index contributed by atoms with van der Waals surface area (Å²) in [5, 5.41) is 4.86. The Hall–Kier alpha value is -2.07. The van der Waals surface area contributed by atoms with E-state index in [9.17, 15) is 13.2 Å². The third-order valence-corrected chi connectivity index (χ3v) is 9.15. The molecule has 158 valence electrons. The van der Waals surface area contributed by atoms with E-state index in [1.54, 1.807) is 39.7 Å². The number of thiophene rings is 1. The first-order chi connectivity index (χ1) is 14.3. The van der Waals surface area contributed by atoms with Crippen LogP contribution in [0.3, 0.4) is 0 Å². The van der Waals surface area contributed by atoms with Gasteiger partial charge in [0.05, 0.1) is 21.9 Å². The molecule has 0 aliphatic carbocycles. The molecule has 0 bridgehead atoms. The molecule has 1 aromatic carbocycles. The van der Waals surface area contributed by atoms with Crippen LogP contribution in [-0.4, -0.2) is 54.7 Å². The Morgan fingerprint density at radius 1 is 1.07 bits per heavy atom. The molecule has 2 aromatic heterocycles. The Morgan fingerprint density at radius 2 is 1.83 bits per heavy atom. The van der Waals surface area contributed by atoms with Crippen LogP contribution in [0.4, 0.5) is 0 Å². The van der Waals surface area contributed by atoms with Gasteiger partial charge in [-0.1, -0.05) is 12.1 Å². The molecule has 1 fully saturated rings. The van der Waals surface area contributed by atoms with Crippen molar-refractivity contribution in [2.45, 2.75) is 25.2 Å². The summed E-state index contributed by atoms with van der Waals surface area (Å²) in [5.41, 5.74) is 2.78. The zero-order chi connectivity index (χ0) is 21.3. The van der Waals surface area contributed by atoms with Crippen molar-refractivity contribution in [3.8, 4) is 9.88 Å². The number of nitrogens with zero attached hydrogens (tertiary/aromatic N) is 3. The van der Waals surface area contributed by atoms with Crippen molar-refractivity contribution in [1.82, 2.24) is 14.2 Å². The van der Waals surface area contributed by atoms with Gasteiger partial charge in [0.2, 0.25) is 15.9 Å². The van der Waals surface area contributed by atoms with Crippen LogP contribution in [0.25, 0.3) is 9.88 Å². The normalized spacial score (nSPS) is 15.5. The Labute approximate surface area is 184 Å². The molecule has 6 nitrogen and oxygen atoms in total. The zero-order valence-corrected chi connectivity index (χ0v) is 19.3. The van der Waals surface area contributed by atoms with Gasteiger partial charge in [0.1, 0.15) is 5.01 Å². The molecular formula is C21H23N3O3S3. The summed E-state index contributed by atoms with van der Waals surface area (Å²) in [6.45, 7) is 5.27. The average molecular weight is 462 g/mol. The smallest absolute Gasteiger partial charge is 0.243 e. The Bertz CT molecular complexity index is 1150. The van der Waals surface area contributed by atoms with Gasteiger partial charge in [0.15, 0.2) is 0 Å². The number of rotatable bonds is 5. The standard InChI is InChI=1S/C21H23N3O3S3/c1-15-5-6-18(12-16(15)2)30(26,27)24-9-7-23(8-10-24)20(25)13-17-14-29-21(22-17)19-4-3-11-28-19/h3-6,11-12,14H,7-10,13H2,1-2H3. The average Bonchev–Trinajstić information content (AvgIpc) is 3.42. The molecule has 0 radical (unpaired) electrons. The lowest BCUT2D eigenvalue weighted by Crippen LogP contribution is -2.50. The van der Waals surface area contributed by atoms with E-state index in [1.165, 1.54) is 4.31 Å². The Kier molecular flexibility index (Phi) is 6.06. The van der Waals surface area contributed by atoms with E-state index in [0.717, 1.165) is 26.7 Å². The number of piperazine rings is 1. The molecule has 9 heteroatoms. The molecule has 0 atom stereocenters. The first-order valence-electron chi connectivity index (χ1n) is 9.68. The number of amides is 1. The van der Waals surface area contributed by atoms with Gasteiger partial charge in [-0.05, 0) is 48.6 Å². The molecule has 3 heterocycles. The summed E-state index contributed by atoms with van der Waals surface area (Å²) in [5.74, 6) is -0.0127. The predicted octanol–water partition coefficient (Wildman–Crippen LogP) is 3.56. The van der Waals surface area contributed by atoms with E-state index >= 15 is 0 Å². The summed E-state index contributed by atoms with van der Waals surface area (Å²) in [7, 11) is -3.55. The highest BCUT2D eigenvalue weighted by atomic mass is 32.2. The van der Waals surface area contributed by atoms with Crippen LogP contribution in [0.2, 0.25) is 0 Å². The second-order valence-electron chi connectivity index (χ2n) is 7.33. The topological polar surface area (TPSA) is 70.6 Å². The number of carbonyl (C=O) groups is 1. The van der Waals surface area contributed by atoms with Crippen molar-refractivity contribution < 1.29 is 13.2 Å². The molecule has 1 amide bonds. The maximum atomic E-state index is 12.9. The van der Waals surface area contributed by atoms with Crippen molar-refractivity contribution >= 4 is 38.6 Å². The summed E-state index contributed by atoms with van der Waals surface area (Å²) < 4.78 is 27.4. The molecule has 1 saturated heterocycles. The molecular weight excluding hydrogens is 438 g/mol. The highest BCUT2D eigenvalue weighted by Gasteiger charge is 2.30. The first-order valence-corrected chi connectivity index (χ1v) is 12.9. The maximum Gasteiger partial charge on any atom is 0.243 e. The predicted molar refractivity (Wildman–Crippen MR) is 120 cm³/mol. The SMILES string of the molecule is Cc1ccc(S(=O)(=O)N2CCN(C(=O)Cc3csc(-c4cccs4)n3)CC2)cc1C. The van der Waals surface area contributed by atoms with Crippen LogP contribution < -0.4 is 0 Å². The van der Waals surface area contributed by atoms with E-state index < -0.39 is 10.0 Å². The lowest BCUT2D eigenvalue weighted by molar-refractivity contribution is -0.131. The van der Waals surface area contributed by atoms with Crippen LogP contribution in [0, 0.1) is 13.8 Å². The molecule has 1 aliphatic rings. The summed E-state index contributed by atoms with van der Waals surface area (Å²) in [4.78, 5) is 20.4. The minimum atomic E-state index is -3.55. The second kappa shape index (κ2) is 8.58. The number of hydrogen-bond donors (Lipinski definition) is 0. The highest BCUT2D eigenvalue weighted by Crippen LogP contribution is 2.28. The fraction of sp³-hybridized carbons (Fsp3) is 0.333. The molecule has 0 saturated carbocycles. The van der Waals surface area contributed by atoms with E-state index in [-0.39, 0.29) is 12.3 Å². The number of benzene rings is 1. The molecule has 1 aliphatic heterocycles. The fourth-order valence-electron chi connectivity index (χ4n) is 3.37. The number of thiazole rings is 1. The zero-order valence-electron chi connectivity index (χ0n) is 16.9. The molecule has 3 aromatic rings. The monoisotopic (exact) mass is 461 g/mol. The van der Waals surface area contributed by atoms with E-state index in [4.69, 9.17) is 0 Å². The van der Waals surface area contributed by atoms with Gasteiger partial charge in [0, 0.05) is 31.6 Å². The summed E-state index contributed by atoms with van der Waals surface area (Å²) in [6, 6.07) is 9.21. The quantitative estimate of drug-likeness (QED) is 0.583. The number of sulfonamides is 1. The number of aromatic nitrogens is 1. The third kappa shape index (κ3) is 4.34. The number of aryl methyl sites for hydroxylation is 2. The summed E-state index contributed by atoms with van der Waals surface area (Å²) in [6.07, 6.45) is 0.242. The number of hydrogen-bond acceptors (Lipinski definition) is 6. The van der Waals surface area contributed by atoms with Gasteiger partial charge in [-0.3, -0.25) is 4.79 Å². The fourth-order valence-corrected chi connectivity index (χ4v) is 6.51. The van der Waals surface area contributed by atoms with Crippen molar-refractivity contribution in [2.24, 2.45) is 0 Å². The van der Waals surface area contributed by atoms with Crippen LogP contribution >= 0.6 is 22.7 Å². The van der Waals surface area contributed by atoms with Gasteiger partial charge in [-0.15, -0.1) is 22.7 Å². The van der Waals surface area contributed by atoms with Crippen molar-refractivity contribution in [3.05, 3.63) is 57.9 Å². The lowest BCUT2D eigenvalue weighted by atomic mass is 10.1. The van der Waals surface area contributed by atoms with Gasteiger partial charge < -0.3 is 4.90 Å². The van der Waals surface area contributed by atoms with Crippen LogP contribution in [0.1, 0.15) is 16.8 Å². The molecule has 4 rings (SSSR count). The minimum absolute atomic E-state index is 0.0127.